The lowest BCUT2D eigenvalue weighted by Gasteiger charge is -2.15. The number of carbonyl (C=O) groups excluding carboxylic acids is 3. The van der Waals surface area contributed by atoms with Gasteiger partial charge >= 0.3 is 11.9 Å². The van der Waals surface area contributed by atoms with Gasteiger partial charge in [0.2, 0.25) is 11.8 Å². The number of ether oxygens (including phenoxy) is 1. The van der Waals surface area contributed by atoms with Crippen molar-refractivity contribution >= 4 is 23.8 Å². The number of carbonyl (C=O) groups is 4. The quantitative estimate of drug-likeness (QED) is 0.0273. The standard InChI is InChI=1S/C48H86N2O7/c1-3-5-7-9-11-13-14-15-16-17-18-19-20-21-22-23-24-26-32-36-40-47(54)57-43(37-33-29-25-12-10-8-6-4-2)38-34-30-27-28-31-35-39-45(52)49-41-46(53)50-44(42-51)48(55)56/h6,8,12,25,33,37,43-44,51H,3-5,7,9-11,13-24,26-32,34-36,38-42H2,1-2H3,(H,49,52)(H,50,53)(H,55,56)/b8-6-,25-12-,37-33-. The van der Waals surface area contributed by atoms with Gasteiger partial charge in [-0.15, -0.1) is 0 Å². The summed E-state index contributed by atoms with van der Waals surface area (Å²) < 4.78 is 5.93. The molecule has 0 heterocycles. The van der Waals surface area contributed by atoms with Crippen molar-refractivity contribution in [2.45, 2.75) is 231 Å². The zero-order valence-electron chi connectivity index (χ0n) is 36.6. The van der Waals surface area contributed by atoms with Crippen LogP contribution in [0.15, 0.2) is 36.5 Å². The summed E-state index contributed by atoms with van der Waals surface area (Å²) in [4.78, 5) is 47.5. The Bertz CT molecular complexity index is 1060. The molecule has 2 unspecified atom stereocenters. The van der Waals surface area contributed by atoms with Crippen LogP contribution in [0, 0.1) is 0 Å². The fraction of sp³-hybridized carbons (Fsp3) is 0.792. The van der Waals surface area contributed by atoms with Gasteiger partial charge in [0, 0.05) is 12.8 Å². The topological polar surface area (TPSA) is 142 Å². The van der Waals surface area contributed by atoms with Crippen LogP contribution in [0.3, 0.4) is 0 Å². The molecular weight excluding hydrogens is 717 g/mol. The predicted octanol–water partition coefficient (Wildman–Crippen LogP) is 11.8. The van der Waals surface area contributed by atoms with Gasteiger partial charge in [-0.1, -0.05) is 192 Å². The van der Waals surface area contributed by atoms with Crippen molar-refractivity contribution in [1.82, 2.24) is 10.6 Å². The number of hydrogen-bond acceptors (Lipinski definition) is 6. The van der Waals surface area contributed by atoms with Crippen LogP contribution >= 0.6 is 0 Å². The number of rotatable bonds is 42. The first-order valence-electron chi connectivity index (χ1n) is 23.4. The van der Waals surface area contributed by atoms with E-state index in [0.29, 0.717) is 19.3 Å². The normalized spacial score (nSPS) is 12.8. The van der Waals surface area contributed by atoms with Crippen LogP contribution in [-0.4, -0.2) is 59.3 Å². The van der Waals surface area contributed by atoms with Crippen LogP contribution in [0.25, 0.3) is 0 Å². The molecule has 0 saturated carbocycles. The summed E-state index contributed by atoms with van der Waals surface area (Å²) in [6, 6.07) is -1.38. The SMILES string of the molecule is CC/C=C\C/C=C\C/C=C\C(CCCCCCCCC(=O)NCC(=O)NC(CO)C(=O)O)OC(=O)CCCCCCCCCCCCCCCCCCCCCC. The lowest BCUT2D eigenvalue weighted by molar-refractivity contribution is -0.147. The van der Waals surface area contributed by atoms with Crippen LogP contribution in [0.2, 0.25) is 0 Å². The highest BCUT2D eigenvalue weighted by atomic mass is 16.5. The number of carboxylic acid groups (broad SMARTS) is 1. The number of nitrogens with one attached hydrogen (secondary N) is 2. The minimum Gasteiger partial charge on any atom is -0.480 e. The molecule has 2 amide bonds. The first-order valence-corrected chi connectivity index (χ1v) is 23.4. The van der Waals surface area contributed by atoms with E-state index in [1.54, 1.807) is 0 Å². The van der Waals surface area contributed by atoms with Crippen LogP contribution in [0.1, 0.15) is 219 Å². The van der Waals surface area contributed by atoms with E-state index >= 15 is 0 Å². The molecule has 0 aliphatic rings. The number of aliphatic hydroxyl groups is 1. The Kier molecular flexibility index (Phi) is 40.5. The van der Waals surface area contributed by atoms with Gasteiger partial charge in [-0.2, -0.15) is 0 Å². The van der Waals surface area contributed by atoms with Crippen molar-refractivity contribution in [3.63, 3.8) is 0 Å². The maximum Gasteiger partial charge on any atom is 0.328 e. The average molecular weight is 803 g/mol. The van der Waals surface area contributed by atoms with Crippen molar-refractivity contribution < 1.29 is 34.1 Å². The Balaban J connectivity index is 4.13. The number of unbranched alkanes of at least 4 members (excludes halogenated alkanes) is 24. The Hall–Kier alpha value is -2.94. The maximum atomic E-state index is 12.7. The number of hydrogen-bond donors (Lipinski definition) is 4. The highest BCUT2D eigenvalue weighted by Gasteiger charge is 2.18. The van der Waals surface area contributed by atoms with Gasteiger partial charge in [0.05, 0.1) is 13.2 Å². The zero-order valence-corrected chi connectivity index (χ0v) is 36.6. The molecule has 0 bridgehead atoms. The van der Waals surface area contributed by atoms with Gasteiger partial charge in [0.25, 0.3) is 0 Å². The fourth-order valence-electron chi connectivity index (χ4n) is 6.83. The molecule has 0 aromatic rings. The smallest absolute Gasteiger partial charge is 0.328 e. The van der Waals surface area contributed by atoms with Crippen molar-refractivity contribution in [3.05, 3.63) is 36.5 Å². The number of aliphatic carboxylic acids is 1. The van der Waals surface area contributed by atoms with Gasteiger partial charge in [-0.25, -0.2) is 4.79 Å². The molecule has 0 radical (unpaired) electrons. The summed E-state index contributed by atoms with van der Waals surface area (Å²) in [5.41, 5.74) is 0. The Morgan fingerprint density at radius 3 is 1.46 bits per heavy atom. The molecule has 330 valence electrons. The second-order valence-electron chi connectivity index (χ2n) is 15.8. The molecule has 0 saturated heterocycles. The molecule has 9 heteroatoms. The van der Waals surface area contributed by atoms with E-state index in [0.717, 1.165) is 70.6 Å². The van der Waals surface area contributed by atoms with Crippen molar-refractivity contribution in [2.75, 3.05) is 13.2 Å². The van der Waals surface area contributed by atoms with Crippen LogP contribution in [0.5, 0.6) is 0 Å². The zero-order chi connectivity index (χ0) is 41.9. The molecule has 2 atom stereocenters. The predicted molar refractivity (Wildman–Crippen MR) is 236 cm³/mol. The first-order chi connectivity index (χ1) is 27.8. The third-order valence-electron chi connectivity index (χ3n) is 10.4. The van der Waals surface area contributed by atoms with E-state index in [2.05, 4.69) is 54.9 Å². The van der Waals surface area contributed by atoms with Gasteiger partial charge < -0.3 is 25.6 Å². The van der Waals surface area contributed by atoms with E-state index in [1.807, 2.05) is 6.08 Å². The van der Waals surface area contributed by atoms with E-state index < -0.39 is 24.5 Å². The van der Waals surface area contributed by atoms with Crippen molar-refractivity contribution in [2.24, 2.45) is 0 Å². The lowest BCUT2D eigenvalue weighted by atomic mass is 10.0. The molecule has 9 nitrogen and oxygen atoms in total. The maximum absolute atomic E-state index is 12.7. The molecule has 0 aliphatic heterocycles. The molecule has 0 aliphatic carbocycles. The molecule has 57 heavy (non-hydrogen) atoms. The van der Waals surface area contributed by atoms with E-state index in [4.69, 9.17) is 14.9 Å². The second kappa shape index (κ2) is 42.7. The number of allylic oxidation sites excluding steroid dienone is 5. The summed E-state index contributed by atoms with van der Waals surface area (Å²) in [6.45, 7) is 3.37. The number of carboxylic acids is 1. The second-order valence-corrected chi connectivity index (χ2v) is 15.8. The number of aliphatic hydroxyl groups excluding tert-OH is 1. The molecule has 0 spiro atoms. The highest BCUT2D eigenvalue weighted by Crippen LogP contribution is 2.17. The summed E-state index contributed by atoms with van der Waals surface area (Å²) in [7, 11) is 0. The molecule has 0 rings (SSSR count). The van der Waals surface area contributed by atoms with Crippen molar-refractivity contribution in [3.8, 4) is 0 Å². The summed E-state index contributed by atoms with van der Waals surface area (Å²) >= 11 is 0. The Labute approximate surface area is 348 Å². The van der Waals surface area contributed by atoms with E-state index in [-0.39, 0.29) is 24.5 Å². The molecule has 4 N–H and O–H groups in total. The van der Waals surface area contributed by atoms with Crippen LogP contribution in [-0.2, 0) is 23.9 Å². The third kappa shape index (κ3) is 39.7. The molecular formula is C48H86N2O7. The highest BCUT2D eigenvalue weighted by molar-refractivity contribution is 5.87. The van der Waals surface area contributed by atoms with Gasteiger partial charge in [-0.3, -0.25) is 14.4 Å². The first kappa shape index (κ1) is 54.1. The summed E-state index contributed by atoms with van der Waals surface area (Å²) in [5, 5.41) is 22.5. The monoisotopic (exact) mass is 803 g/mol. The molecule has 0 fully saturated rings. The lowest BCUT2D eigenvalue weighted by Crippen LogP contribution is -2.47. The van der Waals surface area contributed by atoms with Gasteiger partial charge in [0.15, 0.2) is 0 Å². The number of esters is 1. The van der Waals surface area contributed by atoms with Gasteiger partial charge in [-0.05, 0) is 51.0 Å². The Morgan fingerprint density at radius 1 is 0.544 bits per heavy atom. The van der Waals surface area contributed by atoms with E-state index in [1.165, 1.54) is 116 Å². The largest absolute Gasteiger partial charge is 0.480 e. The summed E-state index contributed by atoms with van der Waals surface area (Å²) in [5.74, 6) is -2.35. The fourth-order valence-corrected chi connectivity index (χ4v) is 6.83. The van der Waals surface area contributed by atoms with Gasteiger partial charge in [0.1, 0.15) is 12.1 Å². The van der Waals surface area contributed by atoms with E-state index in [9.17, 15) is 19.2 Å². The number of amides is 2. The Morgan fingerprint density at radius 2 is 0.982 bits per heavy atom. The van der Waals surface area contributed by atoms with Crippen LogP contribution in [0.4, 0.5) is 0 Å². The third-order valence-corrected chi connectivity index (χ3v) is 10.4. The minimum atomic E-state index is -1.38. The van der Waals surface area contributed by atoms with Crippen LogP contribution < -0.4 is 10.6 Å². The molecule has 0 aromatic heterocycles. The average Bonchev–Trinajstić information content (AvgIpc) is 3.20. The summed E-state index contributed by atoms with van der Waals surface area (Å²) in [6.07, 6.45) is 49.3. The minimum absolute atomic E-state index is 0.0989. The molecule has 0 aromatic carbocycles. The van der Waals surface area contributed by atoms with Crippen molar-refractivity contribution in [1.29, 1.82) is 0 Å².